The number of piperidine rings is 1. The maximum Gasteiger partial charge on any atom is 0.328 e. The third-order valence-electron chi connectivity index (χ3n) is 7.99. The Morgan fingerprint density at radius 3 is 2.47 bits per heavy atom. The van der Waals surface area contributed by atoms with Crippen molar-refractivity contribution >= 4 is 23.5 Å². The van der Waals surface area contributed by atoms with Crippen molar-refractivity contribution in [2.24, 2.45) is 5.73 Å². The number of aryl methyl sites for hydroxylation is 1. The van der Waals surface area contributed by atoms with E-state index in [2.05, 4.69) is 35.0 Å². The lowest BCUT2D eigenvalue weighted by Crippen LogP contribution is -2.56. The van der Waals surface area contributed by atoms with Crippen LogP contribution < -0.4 is 10.6 Å². The van der Waals surface area contributed by atoms with Crippen LogP contribution in [0.4, 0.5) is 10.5 Å². The number of urea groups is 1. The molecule has 0 radical (unpaired) electrons. The number of nitrogens with two attached hydrogens (primary N) is 1. The second-order valence-corrected chi connectivity index (χ2v) is 10.3. The van der Waals surface area contributed by atoms with Crippen LogP contribution in [-0.2, 0) is 29.0 Å². The number of likely N-dealkylation sites (tertiary alicyclic amines) is 1. The average Bonchev–Trinajstić information content (AvgIpc) is 3.05. The van der Waals surface area contributed by atoms with Gasteiger partial charge in [0.05, 0.1) is 0 Å². The molecule has 2 N–H and O–H groups in total. The minimum atomic E-state index is -0.906. The van der Waals surface area contributed by atoms with Crippen LogP contribution in [0.1, 0.15) is 36.0 Å². The molecular weight excluding hydrogens is 454 g/mol. The Morgan fingerprint density at radius 1 is 1.00 bits per heavy atom. The largest absolute Gasteiger partial charge is 0.374 e. The summed E-state index contributed by atoms with van der Waals surface area (Å²) in [5.41, 5.74) is 9.58. The molecule has 36 heavy (non-hydrogen) atoms. The van der Waals surface area contributed by atoms with Crippen molar-refractivity contribution in [2.45, 2.75) is 44.2 Å². The van der Waals surface area contributed by atoms with E-state index in [0.29, 0.717) is 38.9 Å². The summed E-state index contributed by atoms with van der Waals surface area (Å²) < 4.78 is 0. The molecule has 0 atom stereocenters. The zero-order chi connectivity index (χ0) is 25.3. The number of hydrogen-bond acceptors (Lipinski definition) is 5. The van der Waals surface area contributed by atoms with Crippen LogP contribution in [-0.4, -0.2) is 77.9 Å². The number of hydrogen-bond donors (Lipinski definition) is 1. The SMILES string of the molecule is CN1CCCc2cc(CN3CCC4(CC3)C(=O)N(CC(N)=O)C(=O)N4CCc3ccccc3)ccc21. The number of imide groups is 1. The Labute approximate surface area is 212 Å². The molecule has 0 aromatic heterocycles. The highest BCUT2D eigenvalue weighted by Gasteiger charge is 2.57. The molecular formula is C28H35N5O3. The number of anilines is 1. The molecule has 0 aliphatic carbocycles. The molecule has 3 aliphatic rings. The Bertz CT molecular complexity index is 1140. The summed E-state index contributed by atoms with van der Waals surface area (Å²) in [4.78, 5) is 45.9. The van der Waals surface area contributed by atoms with E-state index in [1.54, 1.807) is 4.90 Å². The van der Waals surface area contributed by atoms with Gasteiger partial charge in [-0.05, 0) is 54.9 Å². The van der Waals surface area contributed by atoms with Crippen molar-refractivity contribution in [1.82, 2.24) is 14.7 Å². The predicted molar refractivity (Wildman–Crippen MR) is 138 cm³/mol. The molecule has 190 valence electrons. The van der Waals surface area contributed by atoms with E-state index in [9.17, 15) is 14.4 Å². The predicted octanol–water partition coefficient (Wildman–Crippen LogP) is 2.40. The Morgan fingerprint density at radius 2 is 1.75 bits per heavy atom. The first kappa shape index (κ1) is 24.3. The Kier molecular flexibility index (Phi) is 6.71. The van der Waals surface area contributed by atoms with Gasteiger partial charge in [0.2, 0.25) is 5.91 Å². The zero-order valence-electron chi connectivity index (χ0n) is 21.0. The minimum Gasteiger partial charge on any atom is -0.374 e. The summed E-state index contributed by atoms with van der Waals surface area (Å²) in [6, 6.07) is 16.3. The number of nitrogens with zero attached hydrogens (tertiary/aromatic N) is 4. The minimum absolute atomic E-state index is 0.282. The first-order valence-corrected chi connectivity index (χ1v) is 12.9. The van der Waals surface area contributed by atoms with Gasteiger partial charge >= 0.3 is 6.03 Å². The van der Waals surface area contributed by atoms with Gasteiger partial charge in [0.1, 0.15) is 12.1 Å². The fraction of sp³-hybridized carbons (Fsp3) is 0.464. The van der Waals surface area contributed by atoms with Gasteiger partial charge in [-0.15, -0.1) is 0 Å². The lowest BCUT2D eigenvalue weighted by atomic mass is 9.85. The molecule has 2 aromatic rings. The second kappa shape index (κ2) is 9.93. The second-order valence-electron chi connectivity index (χ2n) is 10.3. The van der Waals surface area contributed by atoms with Crippen molar-refractivity contribution in [3.05, 3.63) is 65.2 Å². The molecule has 8 nitrogen and oxygen atoms in total. The summed E-state index contributed by atoms with van der Waals surface area (Å²) in [5.74, 6) is -0.955. The summed E-state index contributed by atoms with van der Waals surface area (Å²) >= 11 is 0. The number of carbonyl (C=O) groups is 3. The summed E-state index contributed by atoms with van der Waals surface area (Å²) in [6.07, 6.45) is 4.04. The highest BCUT2D eigenvalue weighted by molar-refractivity contribution is 6.09. The summed E-state index contributed by atoms with van der Waals surface area (Å²) in [7, 11) is 2.15. The number of amides is 4. The molecule has 3 aliphatic heterocycles. The maximum atomic E-state index is 13.5. The van der Waals surface area contributed by atoms with Crippen molar-refractivity contribution in [1.29, 1.82) is 0 Å². The van der Waals surface area contributed by atoms with Crippen LogP contribution in [0, 0.1) is 0 Å². The molecule has 8 heteroatoms. The monoisotopic (exact) mass is 489 g/mol. The fourth-order valence-electron chi connectivity index (χ4n) is 6.03. The Balaban J connectivity index is 1.30. The summed E-state index contributed by atoms with van der Waals surface area (Å²) in [5, 5.41) is 0. The van der Waals surface area contributed by atoms with E-state index in [1.807, 2.05) is 30.3 Å². The number of carbonyl (C=O) groups excluding carboxylic acids is 3. The third kappa shape index (κ3) is 4.57. The van der Waals surface area contributed by atoms with E-state index < -0.39 is 17.5 Å². The highest BCUT2D eigenvalue weighted by Crippen LogP contribution is 2.38. The molecule has 2 fully saturated rings. The van der Waals surface area contributed by atoms with Crippen molar-refractivity contribution in [3.8, 4) is 0 Å². The number of primary amides is 1. The van der Waals surface area contributed by atoms with Gasteiger partial charge in [0.25, 0.3) is 5.91 Å². The molecule has 0 saturated carbocycles. The normalized spacial score (nSPS) is 19.8. The zero-order valence-corrected chi connectivity index (χ0v) is 21.0. The van der Waals surface area contributed by atoms with Gasteiger partial charge < -0.3 is 15.5 Å². The molecule has 4 amide bonds. The van der Waals surface area contributed by atoms with E-state index >= 15 is 0 Å². The van der Waals surface area contributed by atoms with Gasteiger partial charge in [-0.25, -0.2) is 4.79 Å². The average molecular weight is 490 g/mol. The van der Waals surface area contributed by atoms with Gasteiger partial charge in [-0.3, -0.25) is 19.4 Å². The van der Waals surface area contributed by atoms with Gasteiger partial charge in [-0.1, -0.05) is 42.5 Å². The van der Waals surface area contributed by atoms with Gasteiger partial charge in [0, 0.05) is 45.5 Å². The summed E-state index contributed by atoms with van der Waals surface area (Å²) in [6.45, 7) is 3.41. The van der Waals surface area contributed by atoms with Crippen molar-refractivity contribution in [3.63, 3.8) is 0 Å². The molecule has 0 unspecified atom stereocenters. The topological polar surface area (TPSA) is 90.2 Å². The van der Waals surface area contributed by atoms with Crippen LogP contribution in [0.25, 0.3) is 0 Å². The van der Waals surface area contributed by atoms with Gasteiger partial charge in [-0.2, -0.15) is 0 Å². The Hall–Kier alpha value is -3.39. The van der Waals surface area contributed by atoms with Crippen molar-refractivity contribution < 1.29 is 14.4 Å². The van der Waals surface area contributed by atoms with Crippen LogP contribution in [0.3, 0.4) is 0 Å². The maximum absolute atomic E-state index is 13.5. The highest BCUT2D eigenvalue weighted by atomic mass is 16.2. The van der Waals surface area contributed by atoms with E-state index in [4.69, 9.17) is 5.73 Å². The standard InChI is InChI=1S/C28H35N5O3/c1-30-14-5-8-23-18-22(9-10-24(23)30)19-31-16-12-28(13-17-31)26(35)32(20-25(29)34)27(36)33(28)15-11-21-6-3-2-4-7-21/h2-4,6-7,9-10,18H,5,8,11-17,19-20H2,1H3,(H2,29,34). The van der Waals surface area contributed by atoms with Crippen LogP contribution in [0.15, 0.2) is 48.5 Å². The smallest absolute Gasteiger partial charge is 0.328 e. The first-order valence-electron chi connectivity index (χ1n) is 12.9. The van der Waals surface area contributed by atoms with E-state index in [1.165, 1.54) is 23.2 Å². The molecule has 0 bridgehead atoms. The first-order chi connectivity index (χ1) is 17.4. The van der Waals surface area contributed by atoms with E-state index in [0.717, 1.165) is 30.0 Å². The van der Waals surface area contributed by atoms with Crippen LogP contribution in [0.5, 0.6) is 0 Å². The molecule has 2 aromatic carbocycles. The molecule has 5 rings (SSSR count). The quantitative estimate of drug-likeness (QED) is 0.604. The lowest BCUT2D eigenvalue weighted by Gasteiger charge is -2.42. The van der Waals surface area contributed by atoms with Crippen LogP contribution >= 0.6 is 0 Å². The lowest BCUT2D eigenvalue weighted by molar-refractivity contribution is -0.137. The number of rotatable bonds is 7. The molecule has 2 saturated heterocycles. The third-order valence-corrected chi connectivity index (χ3v) is 7.99. The van der Waals surface area contributed by atoms with Gasteiger partial charge in [0.15, 0.2) is 0 Å². The number of fused-ring (bicyclic) bond motifs is 1. The number of benzene rings is 2. The molecule has 3 heterocycles. The molecule has 1 spiro atoms. The van der Waals surface area contributed by atoms with E-state index in [-0.39, 0.29) is 12.5 Å². The van der Waals surface area contributed by atoms with Crippen molar-refractivity contribution in [2.75, 3.05) is 44.7 Å². The van der Waals surface area contributed by atoms with Crippen LogP contribution in [0.2, 0.25) is 0 Å². The fourth-order valence-corrected chi connectivity index (χ4v) is 6.03.